The molecule has 0 saturated carbocycles. The highest BCUT2D eigenvalue weighted by Gasteiger charge is 2.24. The van der Waals surface area contributed by atoms with Gasteiger partial charge in [0, 0.05) is 17.1 Å². The van der Waals surface area contributed by atoms with E-state index in [2.05, 4.69) is 41.7 Å². The van der Waals surface area contributed by atoms with Gasteiger partial charge in [0.25, 0.3) is 0 Å². The first-order chi connectivity index (χ1) is 12.6. The molecule has 6 heteroatoms. The van der Waals surface area contributed by atoms with Gasteiger partial charge in [0.05, 0.1) is 7.11 Å². The van der Waals surface area contributed by atoms with Gasteiger partial charge in [0.15, 0.2) is 5.56 Å². The minimum atomic E-state index is -0.506. The summed E-state index contributed by atoms with van der Waals surface area (Å²) in [7, 11) is 1.33. The molecule has 1 aromatic heterocycles. The molecule has 0 aliphatic rings. The van der Waals surface area contributed by atoms with Crippen molar-refractivity contribution >= 4 is 23.5 Å². The van der Waals surface area contributed by atoms with Crippen molar-refractivity contribution in [3.8, 4) is 11.3 Å². The number of nitrogens with one attached hydrogen (secondary N) is 1. The van der Waals surface area contributed by atoms with Crippen LogP contribution in [0.3, 0.4) is 0 Å². The molecule has 0 aliphatic heterocycles. The van der Waals surface area contributed by atoms with Gasteiger partial charge in [-0.2, -0.15) is 0 Å². The maximum absolute atomic E-state index is 12.2. The number of hydrogen-bond donors (Lipinski definition) is 1. The van der Waals surface area contributed by atoms with Gasteiger partial charge in [-0.1, -0.05) is 58.7 Å². The van der Waals surface area contributed by atoms with E-state index in [4.69, 9.17) is 20.9 Å². The van der Waals surface area contributed by atoms with E-state index in [9.17, 15) is 4.79 Å². The second-order valence-corrected chi connectivity index (χ2v) is 6.33. The highest BCUT2D eigenvalue weighted by molar-refractivity contribution is 6.30. The van der Waals surface area contributed by atoms with Crippen molar-refractivity contribution in [1.29, 1.82) is 0 Å². The summed E-state index contributed by atoms with van der Waals surface area (Å²) in [5.41, 5.74) is 3.84. The predicted octanol–water partition coefficient (Wildman–Crippen LogP) is 4.74. The SMILES string of the molecule is COC(=O)c1c(-c2ccc(Cl)cc2)noc1NCCc1ccc(C)cc1. The van der Waals surface area contributed by atoms with Crippen LogP contribution in [0.5, 0.6) is 0 Å². The van der Waals surface area contributed by atoms with Crippen molar-refractivity contribution in [2.75, 3.05) is 19.0 Å². The maximum atomic E-state index is 12.2. The number of ether oxygens (including phenoxy) is 1. The lowest BCUT2D eigenvalue weighted by Gasteiger charge is -2.06. The van der Waals surface area contributed by atoms with Gasteiger partial charge in [0.1, 0.15) is 5.69 Å². The second-order valence-electron chi connectivity index (χ2n) is 5.90. The van der Waals surface area contributed by atoms with E-state index >= 15 is 0 Å². The predicted molar refractivity (Wildman–Crippen MR) is 102 cm³/mol. The van der Waals surface area contributed by atoms with E-state index in [0.29, 0.717) is 23.1 Å². The maximum Gasteiger partial charge on any atom is 0.345 e. The molecule has 1 N–H and O–H groups in total. The van der Waals surface area contributed by atoms with Gasteiger partial charge in [0.2, 0.25) is 5.88 Å². The summed E-state index contributed by atoms with van der Waals surface area (Å²) >= 11 is 5.92. The molecular weight excluding hydrogens is 352 g/mol. The fraction of sp³-hybridized carbons (Fsp3) is 0.200. The molecule has 0 unspecified atom stereocenters. The molecule has 5 nitrogen and oxygen atoms in total. The molecule has 0 amide bonds. The summed E-state index contributed by atoms with van der Waals surface area (Å²) in [5, 5.41) is 7.78. The van der Waals surface area contributed by atoms with Crippen LogP contribution >= 0.6 is 11.6 Å². The number of nitrogens with zero attached hydrogens (tertiary/aromatic N) is 1. The normalized spacial score (nSPS) is 10.6. The third kappa shape index (κ3) is 4.06. The summed E-state index contributed by atoms with van der Waals surface area (Å²) in [6, 6.07) is 15.3. The largest absolute Gasteiger partial charge is 0.465 e. The molecule has 134 valence electrons. The van der Waals surface area contributed by atoms with Crippen molar-refractivity contribution in [2.24, 2.45) is 0 Å². The summed E-state index contributed by atoms with van der Waals surface area (Å²) in [6.07, 6.45) is 0.790. The Morgan fingerprint density at radius 2 is 1.85 bits per heavy atom. The number of aromatic nitrogens is 1. The van der Waals surface area contributed by atoms with Crippen molar-refractivity contribution in [2.45, 2.75) is 13.3 Å². The van der Waals surface area contributed by atoms with Crippen LogP contribution in [0.4, 0.5) is 5.88 Å². The van der Waals surface area contributed by atoms with E-state index < -0.39 is 5.97 Å². The molecule has 0 bridgehead atoms. The van der Waals surface area contributed by atoms with Crippen molar-refractivity contribution in [3.63, 3.8) is 0 Å². The number of esters is 1. The van der Waals surface area contributed by atoms with Gasteiger partial charge in [-0.05, 0) is 31.0 Å². The van der Waals surface area contributed by atoms with Gasteiger partial charge < -0.3 is 14.6 Å². The van der Waals surface area contributed by atoms with E-state index in [1.54, 1.807) is 24.3 Å². The van der Waals surface area contributed by atoms with Crippen molar-refractivity contribution < 1.29 is 14.1 Å². The molecule has 3 aromatic rings. The number of hydrogen-bond acceptors (Lipinski definition) is 5. The third-order valence-corrected chi connectivity index (χ3v) is 4.27. The van der Waals surface area contributed by atoms with Crippen LogP contribution in [0.2, 0.25) is 5.02 Å². The number of halogens is 1. The zero-order valence-electron chi connectivity index (χ0n) is 14.6. The summed E-state index contributed by atoms with van der Waals surface area (Å²) < 4.78 is 10.3. The van der Waals surface area contributed by atoms with Crippen LogP contribution < -0.4 is 5.32 Å². The molecule has 0 atom stereocenters. The fourth-order valence-electron chi connectivity index (χ4n) is 2.58. The highest BCUT2D eigenvalue weighted by atomic mass is 35.5. The van der Waals surface area contributed by atoms with E-state index in [1.807, 2.05) is 0 Å². The third-order valence-electron chi connectivity index (χ3n) is 4.02. The molecule has 0 saturated heterocycles. The summed E-state index contributed by atoms with van der Waals surface area (Å²) in [6.45, 7) is 2.65. The fourth-order valence-corrected chi connectivity index (χ4v) is 2.71. The quantitative estimate of drug-likeness (QED) is 0.634. The van der Waals surface area contributed by atoms with Gasteiger partial charge >= 0.3 is 5.97 Å². The Bertz CT molecular complexity index is 886. The number of methoxy groups -OCH3 is 1. The Morgan fingerprint density at radius 3 is 2.50 bits per heavy atom. The number of rotatable bonds is 6. The van der Waals surface area contributed by atoms with E-state index in [-0.39, 0.29) is 5.56 Å². The molecule has 0 aliphatic carbocycles. The van der Waals surface area contributed by atoms with Gasteiger partial charge in [-0.15, -0.1) is 0 Å². The van der Waals surface area contributed by atoms with Crippen LogP contribution in [-0.2, 0) is 11.2 Å². The zero-order valence-corrected chi connectivity index (χ0v) is 15.3. The smallest absolute Gasteiger partial charge is 0.345 e. The molecule has 0 radical (unpaired) electrons. The average molecular weight is 371 g/mol. The Balaban J connectivity index is 1.79. The first-order valence-corrected chi connectivity index (χ1v) is 8.59. The number of aryl methyl sites for hydroxylation is 1. The monoisotopic (exact) mass is 370 g/mol. The number of anilines is 1. The molecule has 26 heavy (non-hydrogen) atoms. The molecular formula is C20H19ClN2O3. The lowest BCUT2D eigenvalue weighted by molar-refractivity contribution is 0.0602. The summed E-state index contributed by atoms with van der Waals surface area (Å²) in [5.74, 6) is -0.206. The van der Waals surface area contributed by atoms with Crippen LogP contribution in [0.1, 0.15) is 21.5 Å². The lowest BCUT2D eigenvalue weighted by Crippen LogP contribution is -2.10. The molecule has 0 spiro atoms. The van der Waals surface area contributed by atoms with Crippen LogP contribution in [0.25, 0.3) is 11.3 Å². The topological polar surface area (TPSA) is 64.4 Å². The van der Waals surface area contributed by atoms with Crippen LogP contribution in [0.15, 0.2) is 53.1 Å². The Morgan fingerprint density at radius 1 is 1.15 bits per heavy atom. The average Bonchev–Trinajstić information content (AvgIpc) is 3.07. The van der Waals surface area contributed by atoms with Crippen molar-refractivity contribution in [1.82, 2.24) is 5.16 Å². The van der Waals surface area contributed by atoms with Gasteiger partial charge in [-0.3, -0.25) is 0 Å². The molecule has 2 aromatic carbocycles. The van der Waals surface area contributed by atoms with Gasteiger partial charge in [-0.25, -0.2) is 4.79 Å². The minimum Gasteiger partial charge on any atom is -0.465 e. The first kappa shape index (κ1) is 18.0. The standard InChI is InChI=1S/C20H19ClN2O3/c1-13-3-5-14(6-4-13)11-12-22-19-17(20(24)25-2)18(23-26-19)15-7-9-16(21)10-8-15/h3-10,22H,11-12H2,1-2H3. The van der Waals surface area contributed by atoms with Crippen molar-refractivity contribution in [3.05, 3.63) is 70.2 Å². The zero-order chi connectivity index (χ0) is 18.5. The Kier molecular flexibility index (Phi) is 5.58. The highest BCUT2D eigenvalue weighted by Crippen LogP contribution is 2.30. The summed E-state index contributed by atoms with van der Waals surface area (Å²) in [4.78, 5) is 12.2. The minimum absolute atomic E-state index is 0.277. The molecule has 1 heterocycles. The van der Waals surface area contributed by atoms with Crippen LogP contribution in [-0.4, -0.2) is 24.8 Å². The molecule has 3 rings (SSSR count). The number of carbonyl (C=O) groups excluding carboxylic acids is 1. The van der Waals surface area contributed by atoms with E-state index in [1.165, 1.54) is 18.2 Å². The first-order valence-electron chi connectivity index (χ1n) is 8.22. The second kappa shape index (κ2) is 8.06. The number of carbonyl (C=O) groups is 1. The molecule has 0 fully saturated rings. The van der Waals surface area contributed by atoms with E-state index in [0.717, 1.165) is 12.0 Å². The Labute approximate surface area is 156 Å². The lowest BCUT2D eigenvalue weighted by atomic mass is 10.1. The number of benzene rings is 2. The van der Waals surface area contributed by atoms with Crippen LogP contribution in [0, 0.1) is 6.92 Å². The Hall–Kier alpha value is -2.79.